The molecule has 2 aromatic heterocycles. The maximum absolute atomic E-state index is 11.0. The molecule has 0 aliphatic heterocycles. The second-order valence-corrected chi connectivity index (χ2v) is 7.03. The van der Waals surface area contributed by atoms with E-state index in [-0.39, 0.29) is 24.0 Å². The second-order valence-electron chi connectivity index (χ2n) is 5.65. The number of nitrogens with two attached hydrogens (primary N) is 1. The van der Waals surface area contributed by atoms with Gasteiger partial charge in [0.2, 0.25) is 5.82 Å². The molecule has 0 aliphatic rings. The van der Waals surface area contributed by atoms with E-state index in [9.17, 15) is 8.42 Å². The molecule has 0 bridgehead atoms. The van der Waals surface area contributed by atoms with Gasteiger partial charge in [-0.1, -0.05) is 13.3 Å². The van der Waals surface area contributed by atoms with Crippen molar-refractivity contribution in [3.63, 3.8) is 0 Å². The normalized spacial score (nSPS) is 12.7. The number of nitrogens with one attached hydrogen (secondary N) is 4. The van der Waals surface area contributed by atoms with Gasteiger partial charge in [0, 0.05) is 13.1 Å². The molecule has 11 nitrogen and oxygen atoms in total. The number of hydrogen-bond donors (Lipinski definition) is 5. The molecular formula is C14H23N7O4S. The monoisotopic (exact) mass is 385 g/mol. The van der Waals surface area contributed by atoms with Crippen LogP contribution >= 0.6 is 0 Å². The first kappa shape index (κ1) is 19.9. The second kappa shape index (κ2) is 9.31. The zero-order valence-corrected chi connectivity index (χ0v) is 15.2. The Morgan fingerprint density at radius 2 is 2.23 bits per heavy atom. The van der Waals surface area contributed by atoms with Crippen molar-refractivity contribution in [2.75, 3.05) is 18.4 Å². The highest BCUT2D eigenvalue weighted by atomic mass is 32.2. The topological polar surface area (TPSA) is 172 Å². The largest absolute Gasteiger partial charge is 0.467 e. The van der Waals surface area contributed by atoms with Crippen LogP contribution in [0.4, 0.5) is 5.82 Å². The number of furan rings is 1. The van der Waals surface area contributed by atoms with Crippen LogP contribution in [-0.2, 0) is 16.8 Å². The molecule has 1 unspecified atom stereocenters. The summed E-state index contributed by atoms with van der Waals surface area (Å²) in [5, 5.41) is 26.4. The van der Waals surface area contributed by atoms with Crippen molar-refractivity contribution in [1.82, 2.24) is 20.4 Å². The highest BCUT2D eigenvalue weighted by Crippen LogP contribution is 2.12. The number of rotatable bonds is 11. The Morgan fingerprint density at radius 3 is 2.88 bits per heavy atom. The minimum atomic E-state index is -3.69. The van der Waals surface area contributed by atoms with Crippen LogP contribution in [0.25, 0.3) is 0 Å². The van der Waals surface area contributed by atoms with Gasteiger partial charge in [-0.25, -0.2) is 14.5 Å². The number of amidine groups is 1. The zero-order chi connectivity index (χ0) is 19.0. The van der Waals surface area contributed by atoms with Crippen LogP contribution in [-0.4, -0.2) is 37.7 Å². The first-order chi connectivity index (χ1) is 12.4. The molecule has 0 saturated heterocycles. The summed E-state index contributed by atoms with van der Waals surface area (Å²) in [6, 6.07) is 3.56. The van der Waals surface area contributed by atoms with E-state index in [4.69, 9.17) is 19.6 Å². The highest BCUT2D eigenvalue weighted by molar-refractivity contribution is 7.87. The Bertz CT molecular complexity index is 788. The molecule has 1 atom stereocenters. The van der Waals surface area contributed by atoms with Crippen LogP contribution in [0.2, 0.25) is 0 Å². The fraction of sp³-hybridized carbons (Fsp3) is 0.500. The van der Waals surface area contributed by atoms with Crippen molar-refractivity contribution in [2.45, 2.75) is 26.3 Å². The Balaban J connectivity index is 1.81. The minimum absolute atomic E-state index is 0.0492. The van der Waals surface area contributed by atoms with Gasteiger partial charge in [0.15, 0.2) is 11.5 Å². The standard InChI is InChI=1S/C14H23N7O4S/c1-2-10(8-19-26(16,22)23)5-6-17-14-12(20-25-21-14)13(15)18-9-11-4-3-7-24-11/h3-4,7,10,19H,2,5-6,8-9H2,1H3,(H2,15,18)(H,17,21)(H2,16,22,23). The molecular weight excluding hydrogens is 362 g/mol. The molecule has 0 spiro atoms. The third-order valence-electron chi connectivity index (χ3n) is 3.74. The molecule has 2 heterocycles. The summed E-state index contributed by atoms with van der Waals surface area (Å²) in [7, 11) is -3.69. The Morgan fingerprint density at radius 1 is 1.42 bits per heavy atom. The molecule has 0 radical (unpaired) electrons. The average Bonchev–Trinajstić information content (AvgIpc) is 3.26. The lowest BCUT2D eigenvalue weighted by molar-refractivity contribution is 0.307. The highest BCUT2D eigenvalue weighted by Gasteiger charge is 2.16. The predicted octanol–water partition coefficient (Wildman–Crippen LogP) is 0.399. The van der Waals surface area contributed by atoms with Gasteiger partial charge in [-0.05, 0) is 34.8 Å². The van der Waals surface area contributed by atoms with Crippen LogP contribution in [0.15, 0.2) is 27.4 Å². The molecule has 2 aromatic rings. The molecule has 0 fully saturated rings. The molecule has 2 rings (SSSR count). The summed E-state index contributed by atoms with van der Waals surface area (Å²) in [5.41, 5.74) is 0.257. The summed E-state index contributed by atoms with van der Waals surface area (Å²) in [6.07, 6.45) is 3.02. The Hall–Kier alpha value is -2.44. The first-order valence-corrected chi connectivity index (χ1v) is 9.62. The van der Waals surface area contributed by atoms with Gasteiger partial charge in [-0.3, -0.25) is 5.41 Å². The van der Waals surface area contributed by atoms with Gasteiger partial charge in [-0.15, -0.1) is 0 Å². The van der Waals surface area contributed by atoms with E-state index in [0.29, 0.717) is 31.1 Å². The molecule has 26 heavy (non-hydrogen) atoms. The van der Waals surface area contributed by atoms with Crippen LogP contribution < -0.4 is 20.5 Å². The summed E-state index contributed by atoms with van der Waals surface area (Å²) in [6.45, 7) is 3.08. The van der Waals surface area contributed by atoms with E-state index >= 15 is 0 Å². The fourth-order valence-electron chi connectivity index (χ4n) is 2.22. The van der Waals surface area contributed by atoms with Gasteiger partial charge in [0.25, 0.3) is 10.2 Å². The van der Waals surface area contributed by atoms with E-state index < -0.39 is 10.2 Å². The summed E-state index contributed by atoms with van der Waals surface area (Å²) in [5.74, 6) is 1.19. The fourth-order valence-corrected chi connectivity index (χ4v) is 2.69. The smallest absolute Gasteiger partial charge is 0.274 e. The van der Waals surface area contributed by atoms with Gasteiger partial charge < -0.3 is 15.1 Å². The van der Waals surface area contributed by atoms with Crippen molar-refractivity contribution in [1.29, 1.82) is 5.41 Å². The zero-order valence-electron chi connectivity index (χ0n) is 14.4. The molecule has 6 N–H and O–H groups in total. The third kappa shape index (κ3) is 6.46. The summed E-state index contributed by atoms with van der Waals surface area (Å²) < 4.78 is 34.1. The van der Waals surface area contributed by atoms with Crippen molar-refractivity contribution in [2.24, 2.45) is 11.1 Å². The van der Waals surface area contributed by atoms with E-state index in [1.807, 2.05) is 6.92 Å². The van der Waals surface area contributed by atoms with Crippen LogP contribution in [0.3, 0.4) is 0 Å². The molecule has 0 aliphatic carbocycles. The molecule has 0 saturated carbocycles. The average molecular weight is 385 g/mol. The van der Waals surface area contributed by atoms with Gasteiger partial charge in [0.05, 0.1) is 12.8 Å². The Labute approximate surface area is 151 Å². The molecule has 12 heteroatoms. The predicted molar refractivity (Wildman–Crippen MR) is 94.7 cm³/mol. The van der Waals surface area contributed by atoms with E-state index in [2.05, 4.69) is 25.7 Å². The van der Waals surface area contributed by atoms with Gasteiger partial charge in [-0.2, -0.15) is 8.42 Å². The lowest BCUT2D eigenvalue weighted by atomic mass is 10.0. The summed E-state index contributed by atoms with van der Waals surface area (Å²) in [4.78, 5) is 0. The number of nitrogens with zero attached hydrogens (tertiary/aromatic N) is 2. The van der Waals surface area contributed by atoms with Crippen LogP contribution in [0.1, 0.15) is 31.2 Å². The van der Waals surface area contributed by atoms with Crippen LogP contribution in [0.5, 0.6) is 0 Å². The van der Waals surface area contributed by atoms with Crippen LogP contribution in [0, 0.1) is 11.3 Å². The minimum Gasteiger partial charge on any atom is -0.467 e. The molecule has 0 aromatic carbocycles. The quantitative estimate of drug-likeness (QED) is 0.273. The number of anilines is 1. The van der Waals surface area contributed by atoms with Crippen molar-refractivity contribution >= 4 is 21.9 Å². The number of aromatic nitrogens is 2. The van der Waals surface area contributed by atoms with E-state index in [1.54, 1.807) is 18.4 Å². The first-order valence-electron chi connectivity index (χ1n) is 8.08. The van der Waals surface area contributed by atoms with E-state index in [0.717, 1.165) is 6.42 Å². The summed E-state index contributed by atoms with van der Waals surface area (Å²) >= 11 is 0. The molecule has 0 amide bonds. The van der Waals surface area contributed by atoms with Crippen molar-refractivity contribution < 1.29 is 17.5 Å². The van der Waals surface area contributed by atoms with Gasteiger partial charge in [0.1, 0.15) is 5.76 Å². The maximum atomic E-state index is 11.0. The lowest BCUT2D eigenvalue weighted by Gasteiger charge is -2.15. The number of hydrogen-bond acceptors (Lipinski definition) is 8. The Kier molecular flexibility index (Phi) is 7.12. The van der Waals surface area contributed by atoms with E-state index in [1.165, 1.54) is 0 Å². The van der Waals surface area contributed by atoms with Crippen molar-refractivity contribution in [3.05, 3.63) is 29.9 Å². The SMILES string of the molecule is CCC(CCNc1nonc1C(=N)NCc1ccco1)CNS(N)(=O)=O. The lowest BCUT2D eigenvalue weighted by Crippen LogP contribution is -2.35. The van der Waals surface area contributed by atoms with Gasteiger partial charge >= 0.3 is 0 Å². The molecule has 144 valence electrons. The maximum Gasteiger partial charge on any atom is 0.274 e. The van der Waals surface area contributed by atoms with Crippen molar-refractivity contribution in [3.8, 4) is 0 Å². The third-order valence-corrected chi connectivity index (χ3v) is 4.31.